The zero-order valence-electron chi connectivity index (χ0n) is 15.3. The number of ether oxygens (including phenoxy) is 1. The fourth-order valence-electron chi connectivity index (χ4n) is 3.89. The summed E-state index contributed by atoms with van der Waals surface area (Å²) >= 11 is 0. The molecule has 0 spiro atoms. The fourth-order valence-corrected chi connectivity index (χ4v) is 3.89. The summed E-state index contributed by atoms with van der Waals surface area (Å²) in [6.45, 7) is 2.41. The van der Waals surface area contributed by atoms with E-state index in [9.17, 15) is 4.79 Å². The average molecular weight is 388 g/mol. The first-order valence-electron chi connectivity index (χ1n) is 9.34. The number of carbonyl (C=O) groups is 1. The maximum atomic E-state index is 12.9. The highest BCUT2D eigenvalue weighted by molar-refractivity contribution is 5.95. The van der Waals surface area contributed by atoms with E-state index in [0.29, 0.717) is 0 Å². The van der Waals surface area contributed by atoms with E-state index < -0.39 is 0 Å². The van der Waals surface area contributed by atoms with E-state index >= 15 is 0 Å². The largest absolute Gasteiger partial charge is 0.493 e. The summed E-state index contributed by atoms with van der Waals surface area (Å²) in [6, 6.07) is 13.7. The van der Waals surface area contributed by atoms with Crippen molar-refractivity contribution in [3.8, 4) is 5.75 Å². The number of anilines is 2. The van der Waals surface area contributed by atoms with Gasteiger partial charge >= 0.3 is 0 Å². The minimum Gasteiger partial charge on any atom is -0.493 e. The smallest absolute Gasteiger partial charge is 0.241 e. The summed E-state index contributed by atoms with van der Waals surface area (Å²) in [5.41, 5.74) is 9.84. The summed E-state index contributed by atoms with van der Waals surface area (Å²) in [7, 11) is 0. The van der Waals surface area contributed by atoms with Gasteiger partial charge in [-0.2, -0.15) is 0 Å². The number of likely N-dealkylation sites (tertiary alicyclic amines) is 1. The number of carbonyl (C=O) groups excluding carboxylic acids is 1. The van der Waals surface area contributed by atoms with E-state index in [1.54, 1.807) is 0 Å². The molecule has 3 N–H and O–H groups in total. The minimum absolute atomic E-state index is 0. The van der Waals surface area contributed by atoms with Gasteiger partial charge < -0.3 is 15.8 Å². The molecule has 0 saturated carbocycles. The van der Waals surface area contributed by atoms with E-state index in [0.717, 1.165) is 68.1 Å². The Kier molecular flexibility index (Phi) is 6.24. The van der Waals surface area contributed by atoms with E-state index in [1.165, 1.54) is 5.56 Å². The predicted molar refractivity (Wildman–Crippen MR) is 110 cm³/mol. The normalized spacial score (nSPS) is 18.9. The molecule has 0 bridgehead atoms. The van der Waals surface area contributed by atoms with Gasteiger partial charge in [-0.25, -0.2) is 0 Å². The second-order valence-electron chi connectivity index (χ2n) is 7.14. The first-order chi connectivity index (χ1) is 12.7. The summed E-state index contributed by atoms with van der Waals surface area (Å²) < 4.78 is 5.54. The lowest BCUT2D eigenvalue weighted by Gasteiger charge is -2.34. The van der Waals surface area contributed by atoms with E-state index in [1.807, 2.05) is 36.4 Å². The standard InChI is InChI=1S/C21H25N3O2.ClH/c22-17-5-3-4-15(12-17)14-24-10-2-1-6-19(24)21(25)23-18-7-8-20-16(13-18)9-11-26-20;/h3-5,7-8,12-13,19H,1-2,6,9-11,14,22H2,(H,23,25);1H. The van der Waals surface area contributed by atoms with Crippen molar-refractivity contribution in [1.29, 1.82) is 0 Å². The quantitative estimate of drug-likeness (QED) is 0.786. The fraction of sp³-hybridized carbons (Fsp3) is 0.381. The van der Waals surface area contributed by atoms with Gasteiger partial charge in [0, 0.05) is 24.3 Å². The SMILES string of the molecule is Cl.Nc1cccc(CN2CCCCC2C(=O)Nc2ccc3c(c2)CCO3)c1. The molecule has 2 aromatic rings. The molecule has 27 heavy (non-hydrogen) atoms. The van der Waals surface area contributed by atoms with Crippen molar-refractivity contribution in [2.75, 3.05) is 24.2 Å². The Balaban J connectivity index is 0.00000210. The molecule has 0 aromatic heterocycles. The lowest BCUT2D eigenvalue weighted by Crippen LogP contribution is -2.46. The molecular formula is C21H26ClN3O2. The lowest BCUT2D eigenvalue weighted by atomic mass is 10.00. The van der Waals surface area contributed by atoms with Crippen molar-refractivity contribution in [2.24, 2.45) is 0 Å². The van der Waals surface area contributed by atoms with Crippen LogP contribution in [0.4, 0.5) is 11.4 Å². The van der Waals surface area contributed by atoms with Crippen molar-refractivity contribution in [3.05, 3.63) is 53.6 Å². The van der Waals surface area contributed by atoms with Crippen LogP contribution in [0, 0.1) is 0 Å². The molecule has 2 aliphatic heterocycles. The molecule has 2 aromatic carbocycles. The second-order valence-corrected chi connectivity index (χ2v) is 7.14. The number of piperidine rings is 1. The molecule has 1 amide bonds. The summed E-state index contributed by atoms with van der Waals surface area (Å²) in [5, 5.41) is 3.11. The molecule has 1 atom stereocenters. The first-order valence-corrected chi connectivity index (χ1v) is 9.34. The molecule has 0 radical (unpaired) electrons. The lowest BCUT2D eigenvalue weighted by molar-refractivity contribution is -0.122. The topological polar surface area (TPSA) is 67.6 Å². The Labute approximate surface area is 166 Å². The van der Waals surface area contributed by atoms with Crippen molar-refractivity contribution >= 4 is 29.7 Å². The summed E-state index contributed by atoms with van der Waals surface area (Å²) in [5.74, 6) is 1.01. The number of fused-ring (bicyclic) bond motifs is 1. The third-order valence-electron chi connectivity index (χ3n) is 5.21. The maximum absolute atomic E-state index is 12.9. The van der Waals surface area contributed by atoms with Gasteiger partial charge in [0.2, 0.25) is 5.91 Å². The molecule has 1 unspecified atom stereocenters. The maximum Gasteiger partial charge on any atom is 0.241 e. The van der Waals surface area contributed by atoms with Crippen molar-refractivity contribution in [3.63, 3.8) is 0 Å². The van der Waals surface area contributed by atoms with Crippen LogP contribution in [0.3, 0.4) is 0 Å². The zero-order chi connectivity index (χ0) is 17.9. The summed E-state index contributed by atoms with van der Waals surface area (Å²) in [6.07, 6.45) is 4.01. The Morgan fingerprint density at radius 1 is 1.22 bits per heavy atom. The number of halogens is 1. The molecule has 2 aliphatic rings. The number of nitrogens with zero attached hydrogens (tertiary/aromatic N) is 1. The van der Waals surface area contributed by atoms with E-state index in [-0.39, 0.29) is 24.4 Å². The Morgan fingerprint density at radius 2 is 2.11 bits per heavy atom. The van der Waals surface area contributed by atoms with E-state index in [2.05, 4.69) is 16.3 Å². The highest BCUT2D eigenvalue weighted by atomic mass is 35.5. The predicted octanol–water partition coefficient (Wildman–Crippen LogP) is 3.62. The number of amides is 1. The van der Waals surface area contributed by atoms with Gasteiger partial charge in [-0.15, -0.1) is 12.4 Å². The molecule has 0 aliphatic carbocycles. The highest BCUT2D eigenvalue weighted by Crippen LogP contribution is 2.28. The van der Waals surface area contributed by atoms with E-state index in [4.69, 9.17) is 10.5 Å². The average Bonchev–Trinajstić information content (AvgIpc) is 3.10. The molecule has 1 fully saturated rings. The van der Waals surface area contributed by atoms with Gasteiger partial charge in [0.1, 0.15) is 5.75 Å². The number of rotatable bonds is 4. The third kappa shape index (κ3) is 4.54. The van der Waals surface area contributed by atoms with Crippen molar-refractivity contribution in [1.82, 2.24) is 4.90 Å². The van der Waals surface area contributed by atoms with Crippen molar-refractivity contribution in [2.45, 2.75) is 38.3 Å². The Hall–Kier alpha value is -2.24. The highest BCUT2D eigenvalue weighted by Gasteiger charge is 2.29. The Bertz CT molecular complexity index is 812. The van der Waals surface area contributed by atoms with Crippen LogP contribution in [0.1, 0.15) is 30.4 Å². The van der Waals surface area contributed by atoms with Crippen LogP contribution in [0.25, 0.3) is 0 Å². The molecule has 1 saturated heterocycles. The van der Waals surface area contributed by atoms with Gasteiger partial charge in [0.15, 0.2) is 0 Å². The van der Waals surface area contributed by atoms with Crippen LogP contribution in [-0.4, -0.2) is 30.0 Å². The molecular weight excluding hydrogens is 362 g/mol. The van der Waals surface area contributed by atoms with Gasteiger partial charge in [-0.05, 0) is 60.8 Å². The zero-order valence-corrected chi connectivity index (χ0v) is 16.1. The monoisotopic (exact) mass is 387 g/mol. The van der Waals surface area contributed by atoms with Crippen LogP contribution in [0.5, 0.6) is 5.75 Å². The van der Waals surface area contributed by atoms with Crippen LogP contribution in [-0.2, 0) is 17.8 Å². The number of nitrogens with two attached hydrogens (primary N) is 1. The van der Waals surface area contributed by atoms with Crippen LogP contribution < -0.4 is 15.8 Å². The first kappa shape index (κ1) is 19.5. The number of hydrogen-bond acceptors (Lipinski definition) is 4. The number of nitrogens with one attached hydrogen (secondary N) is 1. The second kappa shape index (κ2) is 8.63. The third-order valence-corrected chi connectivity index (χ3v) is 5.21. The molecule has 144 valence electrons. The van der Waals surface area contributed by atoms with Gasteiger partial charge in [-0.1, -0.05) is 18.6 Å². The van der Waals surface area contributed by atoms with Gasteiger partial charge in [-0.3, -0.25) is 9.69 Å². The Morgan fingerprint density at radius 3 is 2.96 bits per heavy atom. The minimum atomic E-state index is -0.102. The van der Waals surface area contributed by atoms with Crippen LogP contribution in [0.2, 0.25) is 0 Å². The van der Waals surface area contributed by atoms with Crippen LogP contribution in [0.15, 0.2) is 42.5 Å². The van der Waals surface area contributed by atoms with Crippen LogP contribution >= 0.6 is 12.4 Å². The number of nitrogen functional groups attached to an aromatic ring is 1. The summed E-state index contributed by atoms with van der Waals surface area (Å²) in [4.78, 5) is 15.2. The molecule has 5 nitrogen and oxygen atoms in total. The molecule has 6 heteroatoms. The van der Waals surface area contributed by atoms with Gasteiger partial charge in [0.25, 0.3) is 0 Å². The molecule has 2 heterocycles. The van der Waals surface area contributed by atoms with Crippen molar-refractivity contribution < 1.29 is 9.53 Å². The number of benzene rings is 2. The molecule has 4 rings (SSSR count). The van der Waals surface area contributed by atoms with Gasteiger partial charge in [0.05, 0.1) is 12.6 Å². The number of hydrogen-bond donors (Lipinski definition) is 2.